The first kappa shape index (κ1) is 49.2. The van der Waals surface area contributed by atoms with Gasteiger partial charge in [-0.2, -0.15) is 0 Å². The third-order valence-electron chi connectivity index (χ3n) is 8.95. The summed E-state index contributed by atoms with van der Waals surface area (Å²) in [7, 11) is -4.50. The normalized spacial score (nSPS) is 14.3. The minimum absolute atomic E-state index is 0.0526. The summed E-state index contributed by atoms with van der Waals surface area (Å²) >= 11 is 0. The monoisotopic (exact) mass is 735 g/mol. The van der Waals surface area contributed by atoms with Crippen LogP contribution in [0.4, 0.5) is 0 Å². The maximum Gasteiger partial charge on any atom is 0.472 e. The molecule has 3 atom stereocenters. The van der Waals surface area contributed by atoms with Gasteiger partial charge in [0.25, 0.3) is 0 Å². The molecule has 0 aliphatic heterocycles. The van der Waals surface area contributed by atoms with E-state index in [-0.39, 0.29) is 25.6 Å². The summed E-state index contributed by atoms with van der Waals surface area (Å²) in [5.74, 6) is -0.388. The molecule has 3 N–H and O–H groups in total. The number of aliphatic hydroxyl groups is 2. The summed E-state index contributed by atoms with van der Waals surface area (Å²) in [4.78, 5) is 22.3. The molecule has 0 saturated carbocycles. The zero-order valence-corrected chi connectivity index (χ0v) is 33.3. The lowest BCUT2D eigenvalue weighted by molar-refractivity contribution is -0.154. The van der Waals surface area contributed by atoms with E-state index in [4.69, 9.17) is 23.6 Å². The van der Waals surface area contributed by atoms with Gasteiger partial charge in [-0.25, -0.2) is 4.57 Å². The predicted octanol–water partition coefficient (Wildman–Crippen LogP) is 10.9. The number of rotatable bonds is 40. The van der Waals surface area contributed by atoms with E-state index < -0.39 is 33.2 Å². The quantitative estimate of drug-likeness (QED) is 0.0243. The van der Waals surface area contributed by atoms with Gasteiger partial charge in [0.15, 0.2) is 0 Å². The Morgan fingerprint density at radius 3 is 1.50 bits per heavy atom. The molecule has 0 amide bonds. The van der Waals surface area contributed by atoms with Crippen LogP contribution in [0.3, 0.4) is 0 Å². The maximum absolute atomic E-state index is 12.4. The van der Waals surface area contributed by atoms with E-state index in [1.165, 1.54) is 135 Å². The van der Waals surface area contributed by atoms with Gasteiger partial charge in [0, 0.05) is 13.0 Å². The maximum atomic E-state index is 12.4. The van der Waals surface area contributed by atoms with E-state index >= 15 is 0 Å². The van der Waals surface area contributed by atoms with E-state index in [2.05, 4.69) is 26.0 Å². The van der Waals surface area contributed by atoms with Crippen molar-refractivity contribution in [2.45, 2.75) is 206 Å². The van der Waals surface area contributed by atoms with Gasteiger partial charge in [0.2, 0.25) is 0 Å². The van der Waals surface area contributed by atoms with Crippen LogP contribution in [-0.4, -0.2) is 66.3 Å². The van der Waals surface area contributed by atoms with E-state index in [1.807, 2.05) is 0 Å². The van der Waals surface area contributed by atoms with Gasteiger partial charge in [0.05, 0.1) is 26.4 Å². The average Bonchev–Trinajstić information content (AvgIpc) is 3.10. The topological polar surface area (TPSA) is 132 Å². The highest BCUT2D eigenvalue weighted by Crippen LogP contribution is 2.43. The summed E-state index contributed by atoms with van der Waals surface area (Å²) in [6.07, 6.45) is 36.3. The first-order chi connectivity index (χ1) is 24.3. The summed E-state index contributed by atoms with van der Waals surface area (Å²) in [6, 6.07) is 0. The van der Waals surface area contributed by atoms with Crippen LogP contribution in [0.15, 0.2) is 12.2 Å². The van der Waals surface area contributed by atoms with Crippen LogP contribution in [0, 0.1) is 0 Å². The van der Waals surface area contributed by atoms with Crippen molar-refractivity contribution in [1.29, 1.82) is 0 Å². The summed E-state index contributed by atoms with van der Waals surface area (Å²) in [5.41, 5.74) is 0. The van der Waals surface area contributed by atoms with Crippen molar-refractivity contribution in [2.24, 2.45) is 0 Å². The molecule has 0 aliphatic carbocycles. The first-order valence-corrected chi connectivity index (χ1v) is 22.2. The third-order valence-corrected chi connectivity index (χ3v) is 9.90. The van der Waals surface area contributed by atoms with Crippen molar-refractivity contribution < 1.29 is 43.0 Å². The van der Waals surface area contributed by atoms with Crippen LogP contribution in [-0.2, 0) is 27.9 Å². The molecule has 0 bridgehead atoms. The summed E-state index contributed by atoms with van der Waals surface area (Å²) in [6.45, 7) is 3.48. The van der Waals surface area contributed by atoms with Crippen LogP contribution < -0.4 is 0 Å². The molecular formula is C40H79O9P. The van der Waals surface area contributed by atoms with Crippen LogP contribution in [0.25, 0.3) is 0 Å². The Hall–Kier alpha value is -0.800. The molecule has 0 heterocycles. The van der Waals surface area contributed by atoms with Crippen molar-refractivity contribution in [1.82, 2.24) is 0 Å². The number of esters is 1. The number of hydrogen-bond donors (Lipinski definition) is 3. The average molecular weight is 735 g/mol. The minimum atomic E-state index is -4.50. The minimum Gasteiger partial charge on any atom is -0.457 e. The molecule has 0 aromatic rings. The van der Waals surface area contributed by atoms with Gasteiger partial charge in [0.1, 0.15) is 12.2 Å². The SMILES string of the molecule is CCCCCCCCCC/C=C\CCCCCCCCCCCCOCC(COP(=O)(O)OCC(O)CO)OC(=O)CCCCCCCCC. The van der Waals surface area contributed by atoms with E-state index in [9.17, 15) is 19.4 Å². The highest BCUT2D eigenvalue weighted by molar-refractivity contribution is 7.47. The van der Waals surface area contributed by atoms with Gasteiger partial charge in [-0.15, -0.1) is 0 Å². The second kappa shape index (κ2) is 37.9. The van der Waals surface area contributed by atoms with Crippen LogP contribution in [0.1, 0.15) is 194 Å². The predicted molar refractivity (Wildman–Crippen MR) is 205 cm³/mol. The molecule has 0 spiro atoms. The standard InChI is InChI=1S/C40H79O9P/c1-3-5-7-9-11-12-13-14-15-16-17-18-19-20-21-22-23-24-25-27-29-31-33-46-36-39(37-48-50(44,45)47-35-38(42)34-41)49-40(43)32-30-28-26-10-8-6-4-2/h16-17,38-39,41-42H,3-15,18-37H2,1-2H3,(H,44,45)/b17-16-. The Labute approximate surface area is 307 Å². The Morgan fingerprint density at radius 1 is 0.600 bits per heavy atom. The molecule has 50 heavy (non-hydrogen) atoms. The number of ether oxygens (including phenoxy) is 2. The number of phosphoric acid groups is 1. The van der Waals surface area contributed by atoms with Gasteiger partial charge in [-0.1, -0.05) is 161 Å². The van der Waals surface area contributed by atoms with Gasteiger partial charge < -0.3 is 24.6 Å². The zero-order valence-electron chi connectivity index (χ0n) is 32.4. The highest BCUT2D eigenvalue weighted by Gasteiger charge is 2.26. The van der Waals surface area contributed by atoms with Crippen LogP contribution in [0.5, 0.6) is 0 Å². The fourth-order valence-electron chi connectivity index (χ4n) is 5.76. The Bertz CT molecular complexity index is 795. The summed E-state index contributed by atoms with van der Waals surface area (Å²) < 4.78 is 33.2. The van der Waals surface area contributed by atoms with Crippen molar-refractivity contribution >= 4 is 13.8 Å². The molecule has 0 aromatic carbocycles. The molecule has 0 fully saturated rings. The van der Waals surface area contributed by atoms with E-state index in [0.717, 1.165) is 38.5 Å². The van der Waals surface area contributed by atoms with Crippen molar-refractivity contribution in [3.63, 3.8) is 0 Å². The molecular weight excluding hydrogens is 655 g/mol. The smallest absolute Gasteiger partial charge is 0.457 e. The Morgan fingerprint density at radius 2 is 1.02 bits per heavy atom. The number of carbonyl (C=O) groups is 1. The Kier molecular flexibility index (Phi) is 37.3. The highest BCUT2D eigenvalue weighted by atomic mass is 31.2. The van der Waals surface area contributed by atoms with Crippen molar-refractivity contribution in [2.75, 3.05) is 33.0 Å². The zero-order chi connectivity index (χ0) is 36.8. The molecule has 0 aliphatic rings. The number of allylic oxidation sites excluding steroid dienone is 2. The molecule has 3 unspecified atom stereocenters. The molecule has 0 radical (unpaired) electrons. The number of phosphoric ester groups is 1. The van der Waals surface area contributed by atoms with E-state index in [1.54, 1.807) is 0 Å². The fraction of sp³-hybridized carbons (Fsp3) is 0.925. The third kappa shape index (κ3) is 37.0. The lowest BCUT2D eigenvalue weighted by atomic mass is 10.1. The van der Waals surface area contributed by atoms with Crippen molar-refractivity contribution in [3.8, 4) is 0 Å². The number of unbranched alkanes of at least 4 members (excludes halogenated alkanes) is 24. The Balaban J connectivity index is 3.97. The fourth-order valence-corrected chi connectivity index (χ4v) is 6.55. The molecule has 298 valence electrons. The molecule has 0 rings (SSSR count). The van der Waals surface area contributed by atoms with Gasteiger partial charge >= 0.3 is 13.8 Å². The second-order valence-corrected chi connectivity index (χ2v) is 15.5. The van der Waals surface area contributed by atoms with Gasteiger partial charge in [-0.3, -0.25) is 13.8 Å². The van der Waals surface area contributed by atoms with E-state index in [0.29, 0.717) is 6.61 Å². The second-order valence-electron chi connectivity index (χ2n) is 14.0. The van der Waals surface area contributed by atoms with Crippen LogP contribution in [0.2, 0.25) is 0 Å². The number of hydrogen-bond acceptors (Lipinski definition) is 8. The molecule has 9 nitrogen and oxygen atoms in total. The number of aliphatic hydroxyl groups excluding tert-OH is 2. The first-order valence-electron chi connectivity index (χ1n) is 20.7. The lowest BCUT2D eigenvalue weighted by Gasteiger charge is -2.20. The van der Waals surface area contributed by atoms with Gasteiger partial charge in [-0.05, 0) is 38.5 Å². The largest absolute Gasteiger partial charge is 0.472 e. The molecule has 10 heteroatoms. The number of carbonyl (C=O) groups excluding carboxylic acids is 1. The van der Waals surface area contributed by atoms with Crippen molar-refractivity contribution in [3.05, 3.63) is 12.2 Å². The lowest BCUT2D eigenvalue weighted by Crippen LogP contribution is -2.29. The van der Waals surface area contributed by atoms with Crippen LogP contribution >= 0.6 is 7.82 Å². The summed E-state index contributed by atoms with van der Waals surface area (Å²) in [5, 5.41) is 18.3. The molecule has 0 aromatic heterocycles. The molecule has 0 saturated heterocycles.